The van der Waals surface area contributed by atoms with Crippen molar-refractivity contribution in [3.8, 4) is 17.3 Å². The smallest absolute Gasteiger partial charge is 0.314 e. The normalized spacial score (nSPS) is 14.4. The minimum Gasteiger partial charge on any atom is -0.420 e. The molecule has 0 radical (unpaired) electrons. The van der Waals surface area contributed by atoms with Crippen molar-refractivity contribution in [3.63, 3.8) is 0 Å². The molecule has 1 saturated heterocycles. The summed E-state index contributed by atoms with van der Waals surface area (Å²) < 4.78 is 8.16. The van der Waals surface area contributed by atoms with Gasteiger partial charge in [-0.3, -0.25) is 9.55 Å². The molecule has 2 N–H and O–H groups in total. The van der Waals surface area contributed by atoms with Gasteiger partial charge in [0.2, 0.25) is 0 Å². The molecule has 9 nitrogen and oxygen atoms in total. The number of oxazole rings is 1. The van der Waals surface area contributed by atoms with E-state index in [9.17, 15) is 4.79 Å². The van der Waals surface area contributed by atoms with Crippen LogP contribution >= 0.6 is 0 Å². The molecule has 3 aromatic heterocycles. The summed E-state index contributed by atoms with van der Waals surface area (Å²) in [5.41, 5.74) is 9.35. The number of hydrogen-bond donors (Lipinski definition) is 1. The second kappa shape index (κ2) is 7.75. The number of nitrogens with two attached hydrogens (primary N) is 1. The number of primary amides is 1. The lowest BCUT2D eigenvalue weighted by atomic mass is 10.1. The Kier molecular flexibility index (Phi) is 4.78. The fourth-order valence-electron chi connectivity index (χ4n) is 3.86. The zero-order valence-corrected chi connectivity index (χ0v) is 17.2. The van der Waals surface area contributed by atoms with Gasteiger partial charge < -0.3 is 20.0 Å². The van der Waals surface area contributed by atoms with E-state index in [1.165, 1.54) is 5.56 Å². The second-order valence-electron chi connectivity index (χ2n) is 7.47. The SMILES string of the molecule is CCc1ccc(-n2c(-c3cnc(N4CCN(C(N)=O)CC4)o3)nc3ccncc32)cc1. The number of imidazole rings is 1. The number of carbonyl (C=O) groups is 1. The quantitative estimate of drug-likeness (QED) is 0.547. The number of anilines is 1. The third-order valence-corrected chi connectivity index (χ3v) is 5.64. The zero-order chi connectivity index (χ0) is 21.4. The van der Waals surface area contributed by atoms with Gasteiger partial charge in [0.15, 0.2) is 11.6 Å². The van der Waals surface area contributed by atoms with Crippen molar-refractivity contribution in [1.29, 1.82) is 0 Å². The van der Waals surface area contributed by atoms with Crippen LogP contribution in [0.4, 0.5) is 10.8 Å². The van der Waals surface area contributed by atoms with Crippen LogP contribution in [-0.4, -0.2) is 56.6 Å². The van der Waals surface area contributed by atoms with Crippen molar-refractivity contribution in [1.82, 2.24) is 24.4 Å². The van der Waals surface area contributed by atoms with Crippen LogP contribution in [0.25, 0.3) is 28.3 Å². The average Bonchev–Trinajstić information content (AvgIpc) is 3.44. The van der Waals surface area contributed by atoms with Crippen LogP contribution in [0, 0.1) is 0 Å². The lowest BCUT2D eigenvalue weighted by molar-refractivity contribution is 0.203. The van der Waals surface area contributed by atoms with Gasteiger partial charge in [0.25, 0.3) is 6.01 Å². The van der Waals surface area contributed by atoms with Crippen LogP contribution in [0.2, 0.25) is 0 Å². The lowest BCUT2D eigenvalue weighted by Crippen LogP contribution is -2.50. The molecule has 1 aliphatic rings. The highest BCUT2D eigenvalue weighted by Gasteiger charge is 2.24. The predicted octanol–water partition coefficient (Wildman–Crippen LogP) is 2.84. The van der Waals surface area contributed by atoms with E-state index in [0.717, 1.165) is 23.1 Å². The van der Waals surface area contributed by atoms with Crippen molar-refractivity contribution < 1.29 is 9.21 Å². The summed E-state index contributed by atoms with van der Waals surface area (Å²) in [6.45, 7) is 4.45. The molecule has 2 amide bonds. The maximum Gasteiger partial charge on any atom is 0.314 e. The second-order valence-corrected chi connectivity index (χ2v) is 7.47. The monoisotopic (exact) mass is 417 g/mol. The predicted molar refractivity (Wildman–Crippen MR) is 117 cm³/mol. The molecule has 0 bridgehead atoms. The molecule has 0 saturated carbocycles. The Hall–Kier alpha value is -3.88. The first kappa shape index (κ1) is 19.1. The fraction of sp³-hybridized carbons (Fsp3) is 0.273. The van der Waals surface area contributed by atoms with Crippen molar-refractivity contribution in [2.45, 2.75) is 13.3 Å². The summed E-state index contributed by atoms with van der Waals surface area (Å²) in [7, 11) is 0. The summed E-state index contributed by atoms with van der Waals surface area (Å²) in [6, 6.07) is 10.4. The third-order valence-electron chi connectivity index (χ3n) is 5.64. The van der Waals surface area contributed by atoms with Crippen LogP contribution in [-0.2, 0) is 6.42 Å². The van der Waals surface area contributed by atoms with E-state index in [1.807, 2.05) is 15.5 Å². The van der Waals surface area contributed by atoms with E-state index in [1.54, 1.807) is 23.5 Å². The van der Waals surface area contributed by atoms with E-state index in [-0.39, 0.29) is 0 Å². The third kappa shape index (κ3) is 3.48. The van der Waals surface area contributed by atoms with Gasteiger partial charge in [0.05, 0.1) is 23.4 Å². The van der Waals surface area contributed by atoms with Crippen molar-refractivity contribution in [3.05, 3.63) is 54.5 Å². The van der Waals surface area contributed by atoms with Gasteiger partial charge in [-0.25, -0.2) is 14.8 Å². The molecule has 0 spiro atoms. The molecule has 0 atom stereocenters. The number of nitrogens with zero attached hydrogens (tertiary/aromatic N) is 6. The average molecular weight is 417 g/mol. The van der Waals surface area contributed by atoms with Gasteiger partial charge in [0, 0.05) is 38.1 Å². The molecule has 31 heavy (non-hydrogen) atoms. The summed E-state index contributed by atoms with van der Waals surface area (Å²) in [5.74, 6) is 1.24. The molecule has 0 aliphatic carbocycles. The van der Waals surface area contributed by atoms with Crippen LogP contribution in [0.1, 0.15) is 12.5 Å². The van der Waals surface area contributed by atoms with Crippen LogP contribution in [0.5, 0.6) is 0 Å². The number of aryl methyl sites for hydroxylation is 1. The molecule has 9 heteroatoms. The van der Waals surface area contributed by atoms with Gasteiger partial charge in [-0.1, -0.05) is 19.1 Å². The van der Waals surface area contributed by atoms with Gasteiger partial charge >= 0.3 is 6.03 Å². The Morgan fingerprint density at radius 2 is 1.87 bits per heavy atom. The molecule has 0 unspecified atom stereocenters. The highest BCUT2D eigenvalue weighted by Crippen LogP contribution is 2.30. The number of fused-ring (bicyclic) bond motifs is 1. The number of rotatable bonds is 4. The molecule has 4 heterocycles. The number of aromatic nitrogens is 4. The van der Waals surface area contributed by atoms with Gasteiger partial charge in [0.1, 0.15) is 0 Å². The van der Waals surface area contributed by atoms with Gasteiger partial charge in [-0.15, -0.1) is 0 Å². The number of carbonyl (C=O) groups excluding carboxylic acids is 1. The molecule has 158 valence electrons. The maximum absolute atomic E-state index is 11.4. The van der Waals surface area contributed by atoms with Crippen molar-refractivity contribution >= 4 is 23.1 Å². The molecule has 4 aromatic rings. The maximum atomic E-state index is 11.4. The summed E-state index contributed by atoms with van der Waals surface area (Å²) in [6.07, 6.45) is 6.21. The first-order chi connectivity index (χ1) is 15.1. The molecule has 1 aliphatic heterocycles. The Labute approximate surface area is 179 Å². The number of benzene rings is 1. The Balaban J connectivity index is 1.52. The van der Waals surface area contributed by atoms with E-state index in [2.05, 4.69) is 41.2 Å². The summed E-state index contributed by atoms with van der Waals surface area (Å²) in [5, 5.41) is 0. The number of amides is 2. The molecule has 1 aromatic carbocycles. The minimum absolute atomic E-state index is 0.399. The standard InChI is InChI=1S/C22H23N7O2/c1-2-15-3-5-16(6-4-15)29-18-13-24-8-7-17(18)26-20(29)19-14-25-22(31-19)28-11-9-27(10-12-28)21(23)30/h3-8,13-14H,2,9-12H2,1H3,(H2,23,30). The van der Waals surface area contributed by atoms with Crippen LogP contribution < -0.4 is 10.6 Å². The first-order valence-corrected chi connectivity index (χ1v) is 10.3. The van der Waals surface area contributed by atoms with Crippen molar-refractivity contribution in [2.24, 2.45) is 5.73 Å². The fourth-order valence-corrected chi connectivity index (χ4v) is 3.86. The zero-order valence-electron chi connectivity index (χ0n) is 17.2. The number of pyridine rings is 1. The summed E-state index contributed by atoms with van der Waals surface area (Å²) in [4.78, 5) is 28.5. The first-order valence-electron chi connectivity index (χ1n) is 10.3. The van der Waals surface area contributed by atoms with Crippen molar-refractivity contribution in [2.75, 3.05) is 31.1 Å². The lowest BCUT2D eigenvalue weighted by Gasteiger charge is -2.32. The van der Waals surface area contributed by atoms with Crippen LogP contribution in [0.15, 0.2) is 53.3 Å². The Bertz CT molecular complexity index is 1220. The Morgan fingerprint density at radius 3 is 2.58 bits per heavy atom. The Morgan fingerprint density at radius 1 is 1.10 bits per heavy atom. The van der Waals surface area contributed by atoms with Crippen LogP contribution in [0.3, 0.4) is 0 Å². The number of hydrogen-bond acceptors (Lipinski definition) is 6. The minimum atomic E-state index is -0.399. The van der Waals surface area contributed by atoms with E-state index >= 15 is 0 Å². The topological polar surface area (TPSA) is 106 Å². The molecular formula is C22H23N7O2. The van der Waals surface area contributed by atoms with E-state index in [4.69, 9.17) is 15.1 Å². The molecule has 1 fully saturated rings. The van der Waals surface area contributed by atoms with E-state index < -0.39 is 6.03 Å². The highest BCUT2D eigenvalue weighted by molar-refractivity contribution is 5.81. The van der Waals surface area contributed by atoms with E-state index in [0.29, 0.717) is 43.8 Å². The summed E-state index contributed by atoms with van der Waals surface area (Å²) >= 11 is 0. The largest absolute Gasteiger partial charge is 0.420 e. The number of urea groups is 1. The molecular weight excluding hydrogens is 394 g/mol. The van der Waals surface area contributed by atoms with Gasteiger partial charge in [-0.05, 0) is 30.2 Å². The highest BCUT2D eigenvalue weighted by atomic mass is 16.4. The molecule has 5 rings (SSSR count). The van der Waals surface area contributed by atoms with Gasteiger partial charge in [-0.2, -0.15) is 0 Å². The number of piperazine rings is 1.